The minimum absolute atomic E-state index is 0.153. The van der Waals surface area contributed by atoms with Gasteiger partial charge < -0.3 is 10.0 Å². The quantitative estimate of drug-likeness (QED) is 0.658. The first kappa shape index (κ1) is 8.25. The van der Waals surface area contributed by atoms with E-state index in [4.69, 9.17) is 0 Å². The van der Waals surface area contributed by atoms with Crippen LogP contribution in [0, 0.1) is 11.8 Å². The van der Waals surface area contributed by atoms with Crippen LogP contribution in [-0.2, 0) is 0 Å². The van der Waals surface area contributed by atoms with Gasteiger partial charge in [0.2, 0.25) is 0 Å². The Morgan fingerprint density at radius 1 is 1.08 bits per heavy atom. The molecule has 13 heavy (non-hydrogen) atoms. The standard InChI is InChI=1S/C11H19NO/c1-12(2)10-4-8-3-9(5-10)7-11(10,13)6-8/h8-9,13H,3-7H2,1-2H3. The van der Waals surface area contributed by atoms with Crippen LogP contribution in [0.5, 0.6) is 0 Å². The molecule has 4 aliphatic carbocycles. The zero-order chi connectivity index (χ0) is 9.27. The van der Waals surface area contributed by atoms with Crippen LogP contribution >= 0.6 is 0 Å². The van der Waals surface area contributed by atoms with Crippen LogP contribution in [0.3, 0.4) is 0 Å². The molecule has 2 atom stereocenters. The van der Waals surface area contributed by atoms with E-state index in [-0.39, 0.29) is 11.1 Å². The Labute approximate surface area is 79.9 Å². The van der Waals surface area contributed by atoms with Gasteiger partial charge in [-0.2, -0.15) is 0 Å². The number of likely N-dealkylation sites (N-methyl/N-ethyl adjacent to an activating group) is 1. The molecule has 4 saturated carbocycles. The Morgan fingerprint density at radius 3 is 2.00 bits per heavy atom. The molecule has 4 rings (SSSR count). The van der Waals surface area contributed by atoms with Crippen molar-refractivity contribution in [3.8, 4) is 0 Å². The molecule has 2 nitrogen and oxygen atoms in total. The molecule has 0 aliphatic heterocycles. The summed E-state index contributed by atoms with van der Waals surface area (Å²) >= 11 is 0. The van der Waals surface area contributed by atoms with E-state index in [0.717, 1.165) is 24.7 Å². The molecule has 0 spiro atoms. The highest BCUT2D eigenvalue weighted by molar-refractivity contribution is 5.21. The van der Waals surface area contributed by atoms with Gasteiger partial charge in [-0.1, -0.05) is 0 Å². The third-order valence-corrected chi connectivity index (χ3v) is 4.89. The predicted molar refractivity (Wildman–Crippen MR) is 51.4 cm³/mol. The molecule has 2 heteroatoms. The van der Waals surface area contributed by atoms with Crippen molar-refractivity contribution < 1.29 is 5.11 Å². The zero-order valence-corrected chi connectivity index (χ0v) is 8.58. The van der Waals surface area contributed by atoms with Crippen molar-refractivity contribution >= 4 is 0 Å². The van der Waals surface area contributed by atoms with Crippen molar-refractivity contribution in [2.24, 2.45) is 11.8 Å². The summed E-state index contributed by atoms with van der Waals surface area (Å²) in [5.74, 6) is 1.64. The van der Waals surface area contributed by atoms with Crippen molar-refractivity contribution in [2.75, 3.05) is 14.1 Å². The monoisotopic (exact) mass is 181 g/mol. The first-order valence-electron chi connectivity index (χ1n) is 5.46. The molecular formula is C11H19NO. The van der Waals surface area contributed by atoms with E-state index in [9.17, 15) is 5.11 Å². The van der Waals surface area contributed by atoms with Gasteiger partial charge in [0.05, 0.1) is 5.60 Å². The van der Waals surface area contributed by atoms with Crippen molar-refractivity contribution in [2.45, 2.75) is 43.2 Å². The molecule has 0 aromatic heterocycles. The van der Waals surface area contributed by atoms with E-state index < -0.39 is 0 Å². The predicted octanol–water partition coefficient (Wildman–Crippen LogP) is 1.24. The number of hydrogen-bond acceptors (Lipinski definition) is 2. The summed E-state index contributed by atoms with van der Waals surface area (Å²) in [6.07, 6.45) is 6.02. The van der Waals surface area contributed by atoms with E-state index in [1.165, 1.54) is 19.3 Å². The second-order valence-electron chi connectivity index (χ2n) is 5.74. The van der Waals surface area contributed by atoms with E-state index in [2.05, 4.69) is 19.0 Å². The summed E-state index contributed by atoms with van der Waals surface area (Å²) in [6.45, 7) is 0. The third-order valence-electron chi connectivity index (χ3n) is 4.89. The molecule has 0 aromatic carbocycles. The minimum atomic E-state index is -0.329. The SMILES string of the molecule is CN(C)C12CC3CC(CC1(O)C3)C2. The number of nitrogens with zero attached hydrogens (tertiary/aromatic N) is 1. The second-order valence-corrected chi connectivity index (χ2v) is 5.74. The summed E-state index contributed by atoms with van der Waals surface area (Å²) in [4.78, 5) is 2.30. The number of rotatable bonds is 1. The largest absolute Gasteiger partial charge is 0.388 e. The van der Waals surface area contributed by atoms with Crippen molar-refractivity contribution in [3.63, 3.8) is 0 Å². The van der Waals surface area contributed by atoms with Crippen molar-refractivity contribution in [1.29, 1.82) is 0 Å². The van der Waals surface area contributed by atoms with Gasteiger partial charge in [0, 0.05) is 5.54 Å². The minimum Gasteiger partial charge on any atom is -0.388 e. The van der Waals surface area contributed by atoms with Gasteiger partial charge in [0.25, 0.3) is 0 Å². The Bertz CT molecular complexity index is 234. The fourth-order valence-electron chi connectivity index (χ4n) is 4.57. The van der Waals surface area contributed by atoms with Crippen molar-refractivity contribution in [3.05, 3.63) is 0 Å². The number of aliphatic hydroxyl groups is 1. The van der Waals surface area contributed by atoms with Crippen LogP contribution < -0.4 is 0 Å². The summed E-state index contributed by atoms with van der Waals surface area (Å²) in [6, 6.07) is 0. The van der Waals surface area contributed by atoms with Crippen LogP contribution in [0.25, 0.3) is 0 Å². The highest BCUT2D eigenvalue weighted by Gasteiger charge is 2.67. The molecule has 4 aliphatic rings. The molecule has 0 radical (unpaired) electrons. The molecular weight excluding hydrogens is 162 g/mol. The number of hydrogen-bond donors (Lipinski definition) is 1. The van der Waals surface area contributed by atoms with Crippen LogP contribution in [0.4, 0.5) is 0 Å². The maximum absolute atomic E-state index is 10.6. The van der Waals surface area contributed by atoms with Gasteiger partial charge in [0.1, 0.15) is 0 Å². The smallest absolute Gasteiger partial charge is 0.0835 e. The average Bonchev–Trinajstić information content (AvgIpc) is 2.30. The van der Waals surface area contributed by atoms with E-state index >= 15 is 0 Å². The molecule has 0 amide bonds. The van der Waals surface area contributed by atoms with Gasteiger partial charge in [-0.05, 0) is 58.0 Å². The van der Waals surface area contributed by atoms with Gasteiger partial charge >= 0.3 is 0 Å². The van der Waals surface area contributed by atoms with E-state index in [1.54, 1.807) is 0 Å². The first-order valence-corrected chi connectivity index (χ1v) is 5.46. The molecule has 0 aromatic rings. The molecule has 4 bridgehead atoms. The first-order chi connectivity index (χ1) is 6.06. The van der Waals surface area contributed by atoms with Gasteiger partial charge in [-0.3, -0.25) is 0 Å². The highest BCUT2D eigenvalue weighted by Crippen LogP contribution is 2.64. The van der Waals surface area contributed by atoms with Crippen molar-refractivity contribution in [1.82, 2.24) is 4.90 Å². The normalized spacial score (nSPS) is 58.2. The second kappa shape index (κ2) is 2.12. The lowest BCUT2D eigenvalue weighted by molar-refractivity contribution is -0.0552. The molecule has 0 heterocycles. The Morgan fingerprint density at radius 2 is 1.62 bits per heavy atom. The fourth-order valence-corrected chi connectivity index (χ4v) is 4.57. The summed E-state index contributed by atoms with van der Waals surface area (Å²) < 4.78 is 0. The Kier molecular flexibility index (Phi) is 1.34. The summed E-state index contributed by atoms with van der Waals surface area (Å²) in [5.41, 5.74) is -0.176. The third kappa shape index (κ3) is 0.774. The van der Waals surface area contributed by atoms with E-state index in [0.29, 0.717) is 0 Å². The lowest BCUT2D eigenvalue weighted by Gasteiger charge is -2.42. The zero-order valence-electron chi connectivity index (χ0n) is 8.58. The maximum atomic E-state index is 10.6. The molecule has 1 N–H and O–H groups in total. The molecule has 4 fully saturated rings. The van der Waals surface area contributed by atoms with Gasteiger partial charge in [-0.15, -0.1) is 0 Å². The summed E-state index contributed by atoms with van der Waals surface area (Å²) in [7, 11) is 4.28. The van der Waals surface area contributed by atoms with Gasteiger partial charge in [0.15, 0.2) is 0 Å². The van der Waals surface area contributed by atoms with Crippen LogP contribution in [0.15, 0.2) is 0 Å². The topological polar surface area (TPSA) is 23.5 Å². The van der Waals surface area contributed by atoms with E-state index in [1.807, 2.05) is 0 Å². The molecule has 2 unspecified atom stereocenters. The maximum Gasteiger partial charge on any atom is 0.0835 e. The van der Waals surface area contributed by atoms with Crippen LogP contribution in [0.2, 0.25) is 0 Å². The summed E-state index contributed by atoms with van der Waals surface area (Å²) in [5, 5.41) is 10.6. The van der Waals surface area contributed by atoms with Crippen LogP contribution in [-0.4, -0.2) is 35.2 Å². The van der Waals surface area contributed by atoms with Gasteiger partial charge in [-0.25, -0.2) is 0 Å². The molecule has 0 saturated heterocycles. The highest BCUT2D eigenvalue weighted by atomic mass is 16.3. The Balaban J connectivity index is 2.06. The lowest BCUT2D eigenvalue weighted by Crippen LogP contribution is -2.55. The van der Waals surface area contributed by atoms with Crippen LogP contribution in [0.1, 0.15) is 32.1 Å². The molecule has 74 valence electrons. The average molecular weight is 181 g/mol. The lowest BCUT2D eigenvalue weighted by atomic mass is 9.80. The Hall–Kier alpha value is -0.0800. The fraction of sp³-hybridized carbons (Fsp3) is 1.00.